The Morgan fingerprint density at radius 3 is 2.70 bits per heavy atom. The van der Waals surface area contributed by atoms with E-state index in [9.17, 15) is 13.2 Å². The average molecular weight is 284 g/mol. The van der Waals surface area contributed by atoms with Crippen molar-refractivity contribution >= 4 is 16.7 Å². The number of nitrogens with zero attached hydrogens (tertiary/aromatic N) is 1. The minimum absolute atomic E-state index is 0.125. The van der Waals surface area contributed by atoms with E-state index in [-0.39, 0.29) is 6.61 Å². The molecule has 0 atom stereocenters. The van der Waals surface area contributed by atoms with Crippen molar-refractivity contribution in [3.8, 4) is 0 Å². The van der Waals surface area contributed by atoms with Crippen LogP contribution >= 0.6 is 0 Å². The van der Waals surface area contributed by atoms with Gasteiger partial charge in [0.1, 0.15) is 12.4 Å². The Kier molecular flexibility index (Phi) is 4.44. The van der Waals surface area contributed by atoms with E-state index in [1.165, 1.54) is 0 Å². The highest BCUT2D eigenvalue weighted by atomic mass is 19.4. The molecule has 0 bridgehead atoms. The largest absolute Gasteiger partial charge is 0.411 e. The molecule has 0 saturated heterocycles. The summed E-state index contributed by atoms with van der Waals surface area (Å²) in [4.78, 5) is 4.41. The highest BCUT2D eigenvalue weighted by molar-refractivity contribution is 5.81. The molecule has 0 saturated carbocycles. The van der Waals surface area contributed by atoms with Crippen LogP contribution in [0.15, 0.2) is 30.3 Å². The van der Waals surface area contributed by atoms with E-state index >= 15 is 0 Å². The zero-order valence-corrected chi connectivity index (χ0v) is 11.0. The van der Waals surface area contributed by atoms with Crippen LogP contribution in [0.3, 0.4) is 0 Å². The Balaban J connectivity index is 2.22. The second-order valence-electron chi connectivity index (χ2n) is 4.33. The Labute approximate surface area is 114 Å². The van der Waals surface area contributed by atoms with Crippen molar-refractivity contribution in [3.05, 3.63) is 35.9 Å². The van der Waals surface area contributed by atoms with Gasteiger partial charge >= 0.3 is 6.18 Å². The van der Waals surface area contributed by atoms with Crippen LogP contribution in [-0.2, 0) is 11.3 Å². The summed E-state index contributed by atoms with van der Waals surface area (Å²) < 4.78 is 41.0. The van der Waals surface area contributed by atoms with Gasteiger partial charge in [0, 0.05) is 17.5 Å². The predicted octanol–water partition coefficient (Wildman–Crippen LogP) is 3.75. The lowest BCUT2D eigenvalue weighted by Gasteiger charge is -2.13. The molecule has 0 unspecified atom stereocenters. The molecule has 1 aromatic carbocycles. The van der Waals surface area contributed by atoms with Gasteiger partial charge < -0.3 is 10.1 Å². The van der Waals surface area contributed by atoms with Gasteiger partial charge in [-0.1, -0.05) is 18.2 Å². The number of hydrogen-bond acceptors (Lipinski definition) is 3. The predicted molar refractivity (Wildman–Crippen MR) is 71.6 cm³/mol. The number of halogens is 3. The summed E-state index contributed by atoms with van der Waals surface area (Å²) in [5.74, 6) is 0.563. The van der Waals surface area contributed by atoms with E-state index in [4.69, 9.17) is 4.74 Å². The van der Waals surface area contributed by atoms with Gasteiger partial charge in [0.2, 0.25) is 0 Å². The van der Waals surface area contributed by atoms with Crippen molar-refractivity contribution < 1.29 is 17.9 Å². The van der Waals surface area contributed by atoms with Gasteiger partial charge in [-0.15, -0.1) is 0 Å². The monoisotopic (exact) mass is 284 g/mol. The van der Waals surface area contributed by atoms with Crippen molar-refractivity contribution in [2.45, 2.75) is 19.7 Å². The number of ether oxygens (including phenoxy) is 1. The Bertz CT molecular complexity index is 584. The van der Waals surface area contributed by atoms with E-state index in [0.717, 1.165) is 10.9 Å². The van der Waals surface area contributed by atoms with Crippen molar-refractivity contribution in [2.24, 2.45) is 0 Å². The number of benzene rings is 1. The van der Waals surface area contributed by atoms with Crippen LogP contribution in [0.1, 0.15) is 12.5 Å². The molecule has 0 radical (unpaired) electrons. The first kappa shape index (κ1) is 14.6. The van der Waals surface area contributed by atoms with E-state index in [1.807, 2.05) is 31.2 Å². The summed E-state index contributed by atoms with van der Waals surface area (Å²) in [6.07, 6.45) is -4.32. The Hall–Kier alpha value is -1.82. The fraction of sp³-hybridized carbons (Fsp3) is 0.357. The summed E-state index contributed by atoms with van der Waals surface area (Å²) >= 11 is 0. The molecule has 1 aromatic heterocycles. The fourth-order valence-electron chi connectivity index (χ4n) is 1.87. The number of rotatable bonds is 5. The van der Waals surface area contributed by atoms with Gasteiger partial charge in [0.25, 0.3) is 0 Å². The molecule has 108 valence electrons. The fourth-order valence-corrected chi connectivity index (χ4v) is 1.87. The van der Waals surface area contributed by atoms with Gasteiger partial charge in [-0.25, -0.2) is 4.98 Å². The highest BCUT2D eigenvalue weighted by Gasteiger charge is 2.27. The molecule has 0 aliphatic rings. The van der Waals surface area contributed by atoms with E-state index in [0.29, 0.717) is 17.9 Å². The molecule has 0 fully saturated rings. The number of fused-ring (bicyclic) bond motifs is 1. The van der Waals surface area contributed by atoms with Crippen LogP contribution in [-0.4, -0.2) is 24.3 Å². The first-order valence-corrected chi connectivity index (χ1v) is 6.26. The standard InChI is InChI=1S/C14H15F3N2O/c1-2-18-13-11(8-20-9-14(15,16)17)7-10-5-3-4-6-12(10)19-13/h3-7H,2,8-9H2,1H3,(H,18,19). The molecule has 2 rings (SSSR count). The lowest BCUT2D eigenvalue weighted by molar-refractivity contribution is -0.176. The Morgan fingerprint density at radius 1 is 1.25 bits per heavy atom. The molecular weight excluding hydrogens is 269 g/mol. The van der Waals surface area contributed by atoms with Gasteiger partial charge in [0.15, 0.2) is 0 Å². The maximum atomic E-state index is 12.1. The van der Waals surface area contributed by atoms with Crippen LogP contribution in [0.2, 0.25) is 0 Å². The van der Waals surface area contributed by atoms with Crippen LogP contribution in [0.25, 0.3) is 10.9 Å². The maximum absolute atomic E-state index is 12.1. The molecular formula is C14H15F3N2O. The van der Waals surface area contributed by atoms with E-state index in [2.05, 4.69) is 10.3 Å². The first-order chi connectivity index (χ1) is 9.49. The maximum Gasteiger partial charge on any atom is 0.411 e. The number of hydrogen-bond donors (Lipinski definition) is 1. The van der Waals surface area contributed by atoms with Gasteiger partial charge in [-0.2, -0.15) is 13.2 Å². The number of para-hydroxylation sites is 1. The molecule has 0 aliphatic heterocycles. The van der Waals surface area contributed by atoms with Crippen LogP contribution in [0.5, 0.6) is 0 Å². The topological polar surface area (TPSA) is 34.2 Å². The summed E-state index contributed by atoms with van der Waals surface area (Å²) in [5, 5.41) is 3.92. The minimum Gasteiger partial charge on any atom is -0.370 e. The molecule has 3 nitrogen and oxygen atoms in total. The minimum atomic E-state index is -4.32. The van der Waals surface area contributed by atoms with Crippen molar-refractivity contribution in [3.63, 3.8) is 0 Å². The number of anilines is 1. The Morgan fingerprint density at radius 2 is 2.00 bits per heavy atom. The van der Waals surface area contributed by atoms with Gasteiger partial charge in [-0.05, 0) is 19.1 Å². The van der Waals surface area contributed by atoms with Crippen molar-refractivity contribution in [2.75, 3.05) is 18.5 Å². The number of pyridine rings is 1. The molecule has 1 heterocycles. The van der Waals surface area contributed by atoms with E-state index in [1.54, 1.807) is 6.07 Å². The SMILES string of the molecule is CCNc1nc2ccccc2cc1COCC(F)(F)F. The zero-order valence-electron chi connectivity index (χ0n) is 11.0. The summed E-state index contributed by atoms with van der Waals surface area (Å²) in [7, 11) is 0. The summed E-state index contributed by atoms with van der Waals surface area (Å²) in [6.45, 7) is 1.15. The third-order valence-corrected chi connectivity index (χ3v) is 2.67. The van der Waals surface area contributed by atoms with Crippen LogP contribution < -0.4 is 5.32 Å². The lowest BCUT2D eigenvalue weighted by atomic mass is 10.1. The van der Waals surface area contributed by atoms with Crippen LogP contribution in [0, 0.1) is 0 Å². The first-order valence-electron chi connectivity index (χ1n) is 6.26. The van der Waals surface area contributed by atoms with Gasteiger partial charge in [-0.3, -0.25) is 0 Å². The third-order valence-electron chi connectivity index (χ3n) is 2.67. The molecule has 0 spiro atoms. The summed E-state index contributed by atoms with van der Waals surface area (Å²) in [6, 6.07) is 9.25. The molecule has 1 N–H and O–H groups in total. The number of alkyl halides is 3. The number of aromatic nitrogens is 1. The second kappa shape index (κ2) is 6.09. The molecule has 20 heavy (non-hydrogen) atoms. The highest BCUT2D eigenvalue weighted by Crippen LogP contribution is 2.22. The summed E-state index contributed by atoms with van der Waals surface area (Å²) in [5.41, 5.74) is 1.41. The van der Waals surface area contributed by atoms with Gasteiger partial charge in [0.05, 0.1) is 12.1 Å². The quantitative estimate of drug-likeness (QED) is 0.908. The van der Waals surface area contributed by atoms with E-state index < -0.39 is 12.8 Å². The molecule has 2 aromatic rings. The molecule has 0 amide bonds. The second-order valence-corrected chi connectivity index (χ2v) is 4.33. The zero-order chi connectivity index (χ0) is 14.6. The third kappa shape index (κ3) is 3.84. The normalized spacial score (nSPS) is 11.8. The molecule has 0 aliphatic carbocycles. The lowest BCUT2D eigenvalue weighted by Crippen LogP contribution is -2.17. The van der Waals surface area contributed by atoms with Crippen LogP contribution in [0.4, 0.5) is 19.0 Å². The average Bonchev–Trinajstić information content (AvgIpc) is 2.38. The van der Waals surface area contributed by atoms with Crippen molar-refractivity contribution in [1.29, 1.82) is 0 Å². The smallest absolute Gasteiger partial charge is 0.370 e. The van der Waals surface area contributed by atoms with Crippen molar-refractivity contribution in [1.82, 2.24) is 4.98 Å². The number of nitrogens with one attached hydrogen (secondary N) is 1. The molecule has 6 heteroatoms.